The van der Waals surface area contributed by atoms with Gasteiger partial charge in [-0.15, -0.1) is 0 Å². The van der Waals surface area contributed by atoms with Gasteiger partial charge in [0, 0.05) is 38.6 Å². The molecule has 3 heterocycles. The number of aryl methyl sites for hydroxylation is 1. The van der Waals surface area contributed by atoms with Gasteiger partial charge in [0.25, 0.3) is 0 Å². The van der Waals surface area contributed by atoms with Crippen LogP contribution in [0.3, 0.4) is 0 Å². The summed E-state index contributed by atoms with van der Waals surface area (Å²) in [6.07, 6.45) is 3.80. The number of hydrogen-bond donors (Lipinski definition) is 0. The lowest BCUT2D eigenvalue weighted by Crippen LogP contribution is -2.55. The molecule has 3 aliphatic heterocycles. The van der Waals surface area contributed by atoms with Gasteiger partial charge in [0.05, 0.1) is 0 Å². The molecule has 0 unspecified atom stereocenters. The highest BCUT2D eigenvalue weighted by molar-refractivity contribution is 5.77. The Hall–Kier alpha value is -2.53. The molecular formula is C25H30N2O3. The highest BCUT2D eigenvalue weighted by atomic mass is 16.7. The highest BCUT2D eigenvalue weighted by Crippen LogP contribution is 2.36. The van der Waals surface area contributed by atoms with E-state index in [0.29, 0.717) is 24.9 Å². The van der Waals surface area contributed by atoms with Crippen LogP contribution in [0.1, 0.15) is 42.9 Å². The maximum Gasteiger partial charge on any atom is 0.231 e. The van der Waals surface area contributed by atoms with Crippen molar-refractivity contribution < 1.29 is 14.3 Å². The number of rotatable bonds is 5. The zero-order chi connectivity index (χ0) is 20.5. The van der Waals surface area contributed by atoms with E-state index in [0.717, 1.165) is 56.0 Å². The molecule has 2 saturated heterocycles. The highest BCUT2D eigenvalue weighted by Gasteiger charge is 2.39. The van der Waals surface area contributed by atoms with Crippen molar-refractivity contribution in [2.24, 2.45) is 5.92 Å². The largest absolute Gasteiger partial charge is 0.454 e. The molecule has 5 heteroatoms. The Kier molecular flexibility index (Phi) is 5.38. The van der Waals surface area contributed by atoms with E-state index < -0.39 is 0 Å². The molecule has 0 aromatic heterocycles. The number of benzene rings is 2. The molecule has 5 nitrogen and oxygen atoms in total. The topological polar surface area (TPSA) is 42.0 Å². The summed E-state index contributed by atoms with van der Waals surface area (Å²) in [7, 11) is 0. The molecule has 3 aliphatic rings. The van der Waals surface area contributed by atoms with Crippen LogP contribution in [0.5, 0.6) is 11.5 Å². The number of carbonyl (C=O) groups excluding carboxylic acids is 1. The van der Waals surface area contributed by atoms with Crippen molar-refractivity contribution in [1.82, 2.24) is 9.80 Å². The van der Waals surface area contributed by atoms with Gasteiger partial charge in [-0.2, -0.15) is 0 Å². The minimum Gasteiger partial charge on any atom is -0.454 e. The summed E-state index contributed by atoms with van der Waals surface area (Å²) in [5, 5.41) is 0. The third-order valence-electron chi connectivity index (χ3n) is 6.85. The number of ether oxygens (including phenoxy) is 2. The Bertz CT molecular complexity index is 911. The van der Waals surface area contributed by atoms with E-state index in [2.05, 4.69) is 47.1 Å². The quantitative estimate of drug-likeness (QED) is 0.753. The Morgan fingerprint density at radius 3 is 2.53 bits per heavy atom. The molecule has 0 bridgehead atoms. The zero-order valence-electron chi connectivity index (χ0n) is 17.7. The molecule has 2 atom stereocenters. The Labute approximate surface area is 178 Å². The van der Waals surface area contributed by atoms with E-state index in [4.69, 9.17) is 9.47 Å². The van der Waals surface area contributed by atoms with E-state index >= 15 is 0 Å². The number of nitrogens with zero attached hydrogens (tertiary/aromatic N) is 2. The fourth-order valence-electron chi connectivity index (χ4n) is 5.15. The summed E-state index contributed by atoms with van der Waals surface area (Å²) >= 11 is 0. The molecule has 2 aromatic carbocycles. The van der Waals surface area contributed by atoms with Crippen molar-refractivity contribution in [1.29, 1.82) is 0 Å². The number of fused-ring (bicyclic) bond motifs is 2. The minimum absolute atomic E-state index is 0.281. The third kappa shape index (κ3) is 3.91. The number of carbonyl (C=O) groups is 1. The lowest BCUT2D eigenvalue weighted by atomic mass is 9.83. The number of amides is 1. The van der Waals surface area contributed by atoms with Crippen LogP contribution >= 0.6 is 0 Å². The first-order valence-electron chi connectivity index (χ1n) is 11.2. The Morgan fingerprint density at radius 1 is 0.933 bits per heavy atom. The second-order valence-electron chi connectivity index (χ2n) is 8.77. The molecule has 0 spiro atoms. The van der Waals surface area contributed by atoms with Gasteiger partial charge in [-0.25, -0.2) is 0 Å². The second kappa shape index (κ2) is 8.31. The standard InChI is InChI=1S/C25H30N2O3/c1-2-18-3-5-19(6-4-18)14-26-12-11-22-21(16-26)8-10-25(28)27(22)15-20-7-9-23-24(13-20)30-17-29-23/h3-7,9,13,21-22H,2,8,10-12,14-17H2,1H3/t21-,22+/m0/s1. The van der Waals surface area contributed by atoms with Crippen LogP contribution in [0.2, 0.25) is 0 Å². The van der Waals surface area contributed by atoms with Crippen molar-refractivity contribution in [3.8, 4) is 11.5 Å². The first-order valence-corrected chi connectivity index (χ1v) is 11.2. The zero-order valence-corrected chi connectivity index (χ0v) is 17.7. The van der Waals surface area contributed by atoms with Gasteiger partial charge in [0.1, 0.15) is 0 Å². The van der Waals surface area contributed by atoms with E-state index in [9.17, 15) is 4.79 Å². The van der Waals surface area contributed by atoms with Gasteiger partial charge >= 0.3 is 0 Å². The van der Waals surface area contributed by atoms with Crippen LogP contribution in [0.25, 0.3) is 0 Å². The molecule has 0 aliphatic carbocycles. The fourth-order valence-corrected chi connectivity index (χ4v) is 5.15. The summed E-state index contributed by atoms with van der Waals surface area (Å²) in [5.41, 5.74) is 3.89. The molecule has 0 N–H and O–H groups in total. The van der Waals surface area contributed by atoms with Crippen molar-refractivity contribution in [3.05, 3.63) is 59.2 Å². The maximum atomic E-state index is 12.8. The normalized spacial score (nSPS) is 23.5. The predicted molar refractivity (Wildman–Crippen MR) is 115 cm³/mol. The summed E-state index contributed by atoms with van der Waals surface area (Å²) in [6, 6.07) is 15.4. The maximum absolute atomic E-state index is 12.8. The molecule has 2 fully saturated rings. The lowest BCUT2D eigenvalue weighted by Gasteiger charge is -2.47. The van der Waals surface area contributed by atoms with Gasteiger partial charge in [-0.05, 0) is 54.0 Å². The molecule has 0 saturated carbocycles. The number of hydrogen-bond acceptors (Lipinski definition) is 4. The summed E-state index contributed by atoms with van der Waals surface area (Å²) in [6.45, 7) is 6.26. The van der Waals surface area contributed by atoms with Crippen LogP contribution in [0, 0.1) is 5.92 Å². The van der Waals surface area contributed by atoms with Crippen molar-refractivity contribution in [2.45, 2.75) is 51.7 Å². The van der Waals surface area contributed by atoms with Gasteiger partial charge in [0.2, 0.25) is 12.7 Å². The monoisotopic (exact) mass is 406 g/mol. The van der Waals surface area contributed by atoms with Crippen molar-refractivity contribution in [3.63, 3.8) is 0 Å². The summed E-state index contributed by atoms with van der Waals surface area (Å²) < 4.78 is 10.9. The van der Waals surface area contributed by atoms with E-state index in [-0.39, 0.29) is 12.7 Å². The van der Waals surface area contributed by atoms with E-state index in [1.54, 1.807) is 0 Å². The summed E-state index contributed by atoms with van der Waals surface area (Å²) in [5.74, 6) is 2.43. The average molecular weight is 407 g/mol. The first kappa shape index (κ1) is 19.4. The molecule has 158 valence electrons. The molecule has 2 aromatic rings. The van der Waals surface area contributed by atoms with Crippen LogP contribution in [-0.4, -0.2) is 41.6 Å². The predicted octanol–water partition coefficient (Wildman–Crippen LogP) is 3.99. The van der Waals surface area contributed by atoms with Gasteiger partial charge < -0.3 is 14.4 Å². The molecule has 0 radical (unpaired) electrons. The number of piperidine rings is 2. The smallest absolute Gasteiger partial charge is 0.231 e. The molecule has 5 rings (SSSR count). The van der Waals surface area contributed by atoms with E-state index in [1.165, 1.54) is 11.1 Å². The number of likely N-dealkylation sites (tertiary alicyclic amines) is 2. The van der Waals surface area contributed by atoms with Crippen LogP contribution in [-0.2, 0) is 24.3 Å². The Morgan fingerprint density at radius 2 is 1.70 bits per heavy atom. The average Bonchev–Trinajstić information content (AvgIpc) is 3.24. The second-order valence-corrected chi connectivity index (χ2v) is 8.77. The van der Waals surface area contributed by atoms with Crippen LogP contribution < -0.4 is 9.47 Å². The van der Waals surface area contributed by atoms with Crippen LogP contribution in [0.4, 0.5) is 0 Å². The fraction of sp³-hybridized carbons (Fsp3) is 0.480. The molecular weight excluding hydrogens is 376 g/mol. The van der Waals surface area contributed by atoms with Gasteiger partial charge in [-0.1, -0.05) is 37.3 Å². The van der Waals surface area contributed by atoms with E-state index in [1.807, 2.05) is 12.1 Å². The third-order valence-corrected chi connectivity index (χ3v) is 6.85. The SMILES string of the molecule is CCc1ccc(CN2CC[C@@H]3[C@@H](CCC(=O)N3Cc3ccc4c(c3)OCO4)C2)cc1. The van der Waals surface area contributed by atoms with Crippen LogP contribution in [0.15, 0.2) is 42.5 Å². The van der Waals surface area contributed by atoms with Gasteiger partial charge in [-0.3, -0.25) is 9.69 Å². The Balaban J connectivity index is 1.24. The minimum atomic E-state index is 0.281. The lowest BCUT2D eigenvalue weighted by molar-refractivity contribution is -0.142. The summed E-state index contributed by atoms with van der Waals surface area (Å²) in [4.78, 5) is 17.5. The first-order chi connectivity index (χ1) is 14.7. The molecule has 30 heavy (non-hydrogen) atoms. The molecule has 1 amide bonds. The van der Waals surface area contributed by atoms with Crippen molar-refractivity contribution in [2.75, 3.05) is 19.9 Å². The van der Waals surface area contributed by atoms with Gasteiger partial charge in [0.15, 0.2) is 11.5 Å². The van der Waals surface area contributed by atoms with Crippen molar-refractivity contribution >= 4 is 5.91 Å².